The standard InChI is InChI=1S/C13H23NOS/c1-5-9(2)12(15)8-14-11(4)13-10(3)6-7-16-13/h6-7,9,11-12,14-15H,5,8H2,1-4H3. The van der Waals surface area contributed by atoms with E-state index in [4.69, 9.17) is 0 Å². The number of aryl methyl sites for hydroxylation is 1. The topological polar surface area (TPSA) is 32.3 Å². The van der Waals surface area contributed by atoms with Gasteiger partial charge in [-0.15, -0.1) is 11.3 Å². The van der Waals surface area contributed by atoms with Crippen molar-refractivity contribution >= 4 is 11.3 Å². The normalized spacial score (nSPS) is 17.1. The van der Waals surface area contributed by atoms with Gasteiger partial charge in [-0.3, -0.25) is 0 Å². The molecule has 0 amide bonds. The zero-order chi connectivity index (χ0) is 12.1. The monoisotopic (exact) mass is 241 g/mol. The van der Waals surface area contributed by atoms with E-state index in [1.54, 1.807) is 11.3 Å². The van der Waals surface area contributed by atoms with Gasteiger partial charge in [0.2, 0.25) is 0 Å². The summed E-state index contributed by atoms with van der Waals surface area (Å²) in [6.07, 6.45) is 0.780. The molecule has 3 heteroatoms. The number of rotatable bonds is 6. The molecule has 1 heterocycles. The summed E-state index contributed by atoms with van der Waals surface area (Å²) in [5.74, 6) is 0.365. The molecule has 0 aromatic carbocycles. The van der Waals surface area contributed by atoms with Gasteiger partial charge in [-0.25, -0.2) is 0 Å². The van der Waals surface area contributed by atoms with Gasteiger partial charge in [-0.05, 0) is 36.8 Å². The Kier molecular flexibility index (Phi) is 5.46. The third-order valence-electron chi connectivity index (χ3n) is 3.23. The van der Waals surface area contributed by atoms with Crippen molar-refractivity contribution < 1.29 is 5.11 Å². The average molecular weight is 241 g/mol. The SMILES string of the molecule is CCC(C)C(O)CNC(C)c1sccc1C. The fraction of sp³-hybridized carbons (Fsp3) is 0.692. The minimum Gasteiger partial charge on any atom is -0.392 e. The first-order chi connectivity index (χ1) is 7.56. The van der Waals surface area contributed by atoms with Crippen LogP contribution < -0.4 is 5.32 Å². The number of nitrogens with one attached hydrogen (secondary N) is 1. The zero-order valence-corrected chi connectivity index (χ0v) is 11.5. The van der Waals surface area contributed by atoms with E-state index in [0.29, 0.717) is 18.5 Å². The van der Waals surface area contributed by atoms with Crippen LogP contribution in [0.1, 0.15) is 43.7 Å². The quantitative estimate of drug-likeness (QED) is 0.802. The summed E-state index contributed by atoms with van der Waals surface area (Å²) < 4.78 is 0. The Bertz CT molecular complexity index is 311. The van der Waals surface area contributed by atoms with Crippen LogP contribution in [-0.2, 0) is 0 Å². The molecule has 0 aliphatic rings. The largest absolute Gasteiger partial charge is 0.392 e. The number of thiophene rings is 1. The lowest BCUT2D eigenvalue weighted by molar-refractivity contribution is 0.110. The van der Waals surface area contributed by atoms with E-state index in [2.05, 4.69) is 44.5 Å². The summed E-state index contributed by atoms with van der Waals surface area (Å²) in [5, 5.41) is 15.4. The fourth-order valence-electron chi connectivity index (χ4n) is 1.69. The smallest absolute Gasteiger partial charge is 0.0690 e. The molecule has 2 N–H and O–H groups in total. The van der Waals surface area contributed by atoms with Crippen LogP contribution in [0.2, 0.25) is 0 Å². The van der Waals surface area contributed by atoms with Gasteiger partial charge in [0, 0.05) is 17.5 Å². The van der Waals surface area contributed by atoms with Crippen LogP contribution in [0, 0.1) is 12.8 Å². The molecule has 0 saturated carbocycles. The molecule has 0 aliphatic heterocycles. The molecule has 0 fully saturated rings. The van der Waals surface area contributed by atoms with Crippen molar-refractivity contribution in [3.8, 4) is 0 Å². The van der Waals surface area contributed by atoms with E-state index >= 15 is 0 Å². The predicted octanol–water partition coefficient (Wildman–Crippen LogP) is 3.11. The van der Waals surface area contributed by atoms with Crippen LogP contribution in [0.4, 0.5) is 0 Å². The molecule has 1 aromatic rings. The molecular weight excluding hydrogens is 218 g/mol. The van der Waals surface area contributed by atoms with Crippen molar-refractivity contribution in [3.63, 3.8) is 0 Å². The molecule has 16 heavy (non-hydrogen) atoms. The summed E-state index contributed by atoms with van der Waals surface area (Å²) >= 11 is 1.78. The Hall–Kier alpha value is -0.380. The Balaban J connectivity index is 2.41. The molecule has 0 aliphatic carbocycles. The highest BCUT2D eigenvalue weighted by atomic mass is 32.1. The van der Waals surface area contributed by atoms with Crippen molar-refractivity contribution in [1.29, 1.82) is 0 Å². The molecule has 0 bridgehead atoms. The fourth-order valence-corrected chi connectivity index (χ4v) is 2.65. The maximum Gasteiger partial charge on any atom is 0.0690 e. The maximum absolute atomic E-state index is 9.87. The number of aliphatic hydroxyl groups excluding tert-OH is 1. The van der Waals surface area contributed by atoms with Crippen LogP contribution in [0.3, 0.4) is 0 Å². The molecular formula is C13H23NOS. The summed E-state index contributed by atoms with van der Waals surface area (Å²) in [4.78, 5) is 1.37. The Morgan fingerprint density at radius 1 is 1.44 bits per heavy atom. The highest BCUT2D eigenvalue weighted by molar-refractivity contribution is 7.10. The Labute approximate surface area is 103 Å². The van der Waals surface area contributed by atoms with Crippen LogP contribution in [0.15, 0.2) is 11.4 Å². The highest BCUT2D eigenvalue weighted by Crippen LogP contribution is 2.23. The van der Waals surface area contributed by atoms with Crippen molar-refractivity contribution in [2.24, 2.45) is 5.92 Å². The van der Waals surface area contributed by atoms with E-state index < -0.39 is 0 Å². The molecule has 1 aromatic heterocycles. The molecule has 0 radical (unpaired) electrons. The third kappa shape index (κ3) is 3.58. The van der Waals surface area contributed by atoms with Gasteiger partial charge in [0.05, 0.1) is 6.10 Å². The minimum atomic E-state index is -0.243. The summed E-state index contributed by atoms with van der Waals surface area (Å²) in [6, 6.07) is 2.47. The van der Waals surface area contributed by atoms with Crippen LogP contribution in [-0.4, -0.2) is 17.8 Å². The van der Waals surface area contributed by atoms with Gasteiger partial charge in [0.25, 0.3) is 0 Å². The number of aliphatic hydroxyl groups is 1. The molecule has 1 rings (SSSR count). The van der Waals surface area contributed by atoms with Gasteiger partial charge in [-0.1, -0.05) is 20.3 Å². The van der Waals surface area contributed by atoms with Crippen molar-refractivity contribution in [2.45, 2.75) is 46.3 Å². The van der Waals surface area contributed by atoms with Gasteiger partial charge in [0.1, 0.15) is 0 Å². The first kappa shape index (κ1) is 13.7. The molecule has 3 atom stereocenters. The Morgan fingerprint density at radius 2 is 2.12 bits per heavy atom. The molecule has 2 nitrogen and oxygen atoms in total. The molecule has 0 spiro atoms. The molecule has 0 saturated heterocycles. The van der Waals surface area contributed by atoms with Gasteiger partial charge in [0.15, 0.2) is 0 Å². The number of hydrogen-bond donors (Lipinski definition) is 2. The summed E-state index contributed by atoms with van der Waals surface area (Å²) in [6.45, 7) is 9.17. The minimum absolute atomic E-state index is 0.243. The lowest BCUT2D eigenvalue weighted by atomic mass is 10.0. The zero-order valence-electron chi connectivity index (χ0n) is 10.7. The first-order valence-electron chi connectivity index (χ1n) is 6.01. The second-order valence-corrected chi connectivity index (χ2v) is 5.50. The van der Waals surface area contributed by atoms with Crippen LogP contribution in [0.25, 0.3) is 0 Å². The van der Waals surface area contributed by atoms with E-state index in [-0.39, 0.29) is 6.10 Å². The lowest BCUT2D eigenvalue weighted by Crippen LogP contribution is -2.32. The maximum atomic E-state index is 9.87. The van der Waals surface area contributed by atoms with Gasteiger partial charge >= 0.3 is 0 Å². The van der Waals surface area contributed by atoms with Crippen molar-refractivity contribution in [3.05, 3.63) is 21.9 Å². The second kappa shape index (κ2) is 6.38. The average Bonchev–Trinajstić information content (AvgIpc) is 2.70. The molecule has 3 unspecified atom stereocenters. The highest BCUT2D eigenvalue weighted by Gasteiger charge is 2.15. The number of hydrogen-bond acceptors (Lipinski definition) is 3. The second-order valence-electron chi connectivity index (χ2n) is 4.55. The van der Waals surface area contributed by atoms with Crippen molar-refractivity contribution in [2.75, 3.05) is 6.54 Å². The summed E-state index contributed by atoms with van der Waals surface area (Å²) in [5.41, 5.74) is 1.34. The lowest BCUT2D eigenvalue weighted by Gasteiger charge is -2.20. The van der Waals surface area contributed by atoms with Crippen molar-refractivity contribution in [1.82, 2.24) is 5.32 Å². The third-order valence-corrected chi connectivity index (χ3v) is 4.43. The van der Waals surface area contributed by atoms with E-state index in [9.17, 15) is 5.11 Å². The van der Waals surface area contributed by atoms with Crippen LogP contribution >= 0.6 is 11.3 Å². The van der Waals surface area contributed by atoms with E-state index in [1.165, 1.54) is 10.4 Å². The predicted molar refractivity (Wildman–Crippen MR) is 70.9 cm³/mol. The van der Waals surface area contributed by atoms with E-state index in [0.717, 1.165) is 6.42 Å². The first-order valence-corrected chi connectivity index (χ1v) is 6.89. The molecule has 92 valence electrons. The van der Waals surface area contributed by atoms with E-state index in [1.807, 2.05) is 0 Å². The Morgan fingerprint density at radius 3 is 2.62 bits per heavy atom. The van der Waals surface area contributed by atoms with Gasteiger partial charge in [-0.2, -0.15) is 0 Å². The summed E-state index contributed by atoms with van der Waals surface area (Å²) in [7, 11) is 0. The van der Waals surface area contributed by atoms with Gasteiger partial charge < -0.3 is 10.4 Å². The van der Waals surface area contributed by atoms with Crippen LogP contribution in [0.5, 0.6) is 0 Å².